The number of halogens is 1. The van der Waals surface area contributed by atoms with Crippen LogP contribution in [0.3, 0.4) is 0 Å². The van der Waals surface area contributed by atoms with Crippen LogP contribution >= 0.6 is 15.9 Å². The zero-order valence-electron chi connectivity index (χ0n) is 25.4. The van der Waals surface area contributed by atoms with Crippen molar-refractivity contribution in [1.82, 2.24) is 34.3 Å². The Morgan fingerprint density at radius 3 is 1.95 bits per heavy atom. The van der Waals surface area contributed by atoms with Crippen LogP contribution in [0.5, 0.6) is 0 Å². The van der Waals surface area contributed by atoms with Crippen molar-refractivity contribution >= 4 is 33.1 Å². The SMILES string of the molecule is CCCc1ncc2cccc(N3CCC(c4nc[nH]c4C)CC3)n12.Cc1[nH]cnc1C1CCN(c2cccc(Br)n2)CC1. The van der Waals surface area contributed by atoms with E-state index in [1.165, 1.54) is 39.9 Å². The number of hydrogen-bond acceptors (Lipinski definition) is 6. The van der Waals surface area contributed by atoms with Gasteiger partial charge in [-0.15, -0.1) is 0 Å². The van der Waals surface area contributed by atoms with Crippen molar-refractivity contribution in [2.45, 2.75) is 71.1 Å². The maximum Gasteiger partial charge on any atom is 0.129 e. The lowest BCUT2D eigenvalue weighted by Crippen LogP contribution is -2.34. The van der Waals surface area contributed by atoms with Crippen molar-refractivity contribution in [2.75, 3.05) is 36.0 Å². The van der Waals surface area contributed by atoms with E-state index in [-0.39, 0.29) is 0 Å². The molecule has 2 aliphatic heterocycles. The molecule has 2 N–H and O–H groups in total. The molecule has 0 aromatic carbocycles. The predicted molar refractivity (Wildman–Crippen MR) is 176 cm³/mol. The molecule has 0 bridgehead atoms. The standard InChI is InChI=1S/C19H25N5.C14H17BrN4/c1-3-5-17-20-12-16-6-4-7-18(24(16)17)23-10-8-15(9-11-23)19-14(2)21-13-22-19;1-10-14(17-9-16-10)11-5-7-19(8-6-11)13-4-2-3-12(15)18-13/h4,6-7,12-13,15H,3,5,8-11H2,1-2H3,(H,21,22);2-4,9,11H,5-8H2,1H3,(H,16,17). The Kier molecular flexibility index (Phi) is 9.11. The molecule has 0 saturated carbocycles. The first kappa shape index (κ1) is 29.4. The van der Waals surface area contributed by atoms with Gasteiger partial charge in [-0.2, -0.15) is 0 Å². The minimum Gasteiger partial charge on any atom is -0.358 e. The van der Waals surface area contributed by atoms with E-state index >= 15 is 0 Å². The highest BCUT2D eigenvalue weighted by atomic mass is 79.9. The molecule has 7 rings (SSSR count). The highest BCUT2D eigenvalue weighted by Gasteiger charge is 2.26. The van der Waals surface area contributed by atoms with E-state index in [0.29, 0.717) is 11.8 Å². The highest BCUT2D eigenvalue weighted by Crippen LogP contribution is 2.32. The van der Waals surface area contributed by atoms with Crippen LogP contribution in [-0.2, 0) is 6.42 Å². The minimum absolute atomic E-state index is 0.574. The molecule has 2 fully saturated rings. The van der Waals surface area contributed by atoms with Crippen LogP contribution in [0.1, 0.15) is 79.5 Å². The molecule has 0 unspecified atom stereocenters. The van der Waals surface area contributed by atoms with Crippen LogP contribution in [0.25, 0.3) is 5.52 Å². The fraction of sp³-hybridized carbons (Fsp3) is 0.455. The van der Waals surface area contributed by atoms with Gasteiger partial charge in [-0.05, 0) is 86.1 Å². The molecule has 2 saturated heterocycles. The number of pyridine rings is 2. The van der Waals surface area contributed by atoms with Crippen LogP contribution in [0, 0.1) is 13.8 Å². The van der Waals surface area contributed by atoms with Gasteiger partial charge in [0.05, 0.1) is 35.8 Å². The average Bonchev–Trinajstić information content (AvgIpc) is 3.78. The third-order valence-corrected chi connectivity index (χ3v) is 9.37. The van der Waals surface area contributed by atoms with Gasteiger partial charge in [-0.1, -0.05) is 19.1 Å². The molecule has 0 atom stereocenters. The maximum absolute atomic E-state index is 4.63. The monoisotopic (exact) mass is 643 g/mol. The van der Waals surface area contributed by atoms with Crippen LogP contribution in [0.15, 0.2) is 59.9 Å². The molecule has 0 amide bonds. The summed E-state index contributed by atoms with van der Waals surface area (Å²) in [7, 11) is 0. The Bertz CT molecular complexity index is 1620. The summed E-state index contributed by atoms with van der Waals surface area (Å²) in [4.78, 5) is 29.4. The topological polar surface area (TPSA) is 94.0 Å². The largest absolute Gasteiger partial charge is 0.358 e. The zero-order chi connectivity index (χ0) is 29.8. The number of hydrogen-bond donors (Lipinski definition) is 2. The second-order valence-corrected chi connectivity index (χ2v) is 12.5. The molecule has 2 aliphatic rings. The van der Waals surface area contributed by atoms with Gasteiger partial charge >= 0.3 is 0 Å². The number of imidazole rings is 3. The molecule has 9 nitrogen and oxygen atoms in total. The smallest absolute Gasteiger partial charge is 0.129 e. The van der Waals surface area contributed by atoms with Crippen molar-refractivity contribution in [3.8, 4) is 0 Å². The van der Waals surface area contributed by atoms with Crippen molar-refractivity contribution in [3.63, 3.8) is 0 Å². The van der Waals surface area contributed by atoms with E-state index in [1.807, 2.05) is 24.7 Å². The summed E-state index contributed by atoms with van der Waals surface area (Å²) in [6.45, 7) is 10.7. The number of rotatable bonds is 6. The second kappa shape index (κ2) is 13.3. The summed E-state index contributed by atoms with van der Waals surface area (Å²) in [6, 6.07) is 12.6. The Morgan fingerprint density at radius 2 is 1.40 bits per heavy atom. The number of H-pyrrole nitrogens is 2. The summed E-state index contributed by atoms with van der Waals surface area (Å²) in [5, 5.41) is 0. The van der Waals surface area contributed by atoms with Gasteiger partial charge in [0.1, 0.15) is 22.1 Å². The summed E-state index contributed by atoms with van der Waals surface area (Å²) in [6.07, 6.45) is 12.3. The Morgan fingerprint density at radius 1 is 0.791 bits per heavy atom. The van der Waals surface area contributed by atoms with Crippen LogP contribution < -0.4 is 9.80 Å². The lowest BCUT2D eigenvalue weighted by molar-refractivity contribution is 0.492. The molecule has 5 aromatic heterocycles. The van der Waals surface area contributed by atoms with Crippen molar-refractivity contribution in [2.24, 2.45) is 0 Å². The van der Waals surface area contributed by atoms with Crippen LogP contribution in [0.4, 0.5) is 11.6 Å². The Balaban J connectivity index is 0.000000157. The number of nitrogens with zero attached hydrogens (tertiary/aromatic N) is 7. The third kappa shape index (κ3) is 6.49. The summed E-state index contributed by atoms with van der Waals surface area (Å²) >= 11 is 3.43. The fourth-order valence-corrected chi connectivity index (χ4v) is 6.98. The van der Waals surface area contributed by atoms with Gasteiger partial charge in [-0.3, -0.25) is 4.40 Å². The second-order valence-electron chi connectivity index (χ2n) is 11.7. The van der Waals surface area contributed by atoms with Gasteiger partial charge in [0.15, 0.2) is 0 Å². The summed E-state index contributed by atoms with van der Waals surface area (Å²) in [5.41, 5.74) is 6.11. The van der Waals surface area contributed by atoms with E-state index < -0.39 is 0 Å². The third-order valence-electron chi connectivity index (χ3n) is 8.93. The number of nitrogens with one attached hydrogen (secondary N) is 2. The molecule has 0 aliphatic carbocycles. The van der Waals surface area contributed by atoms with Gasteiger partial charge in [0, 0.05) is 55.8 Å². The summed E-state index contributed by atoms with van der Waals surface area (Å²) in [5.74, 6) is 4.67. The molecule has 10 heteroatoms. The van der Waals surface area contributed by atoms with E-state index in [4.69, 9.17) is 0 Å². The number of anilines is 2. The van der Waals surface area contributed by atoms with Crippen molar-refractivity contribution in [1.29, 1.82) is 0 Å². The number of aromatic amines is 2. The van der Waals surface area contributed by atoms with Crippen LogP contribution in [0.2, 0.25) is 0 Å². The molecule has 43 heavy (non-hydrogen) atoms. The Labute approximate surface area is 262 Å². The normalized spacial score (nSPS) is 16.5. The van der Waals surface area contributed by atoms with Crippen LogP contribution in [-0.4, -0.2) is 60.5 Å². The summed E-state index contributed by atoms with van der Waals surface area (Å²) < 4.78 is 3.24. The van der Waals surface area contributed by atoms with Crippen molar-refractivity contribution in [3.05, 3.63) is 88.5 Å². The molecule has 7 heterocycles. The highest BCUT2D eigenvalue weighted by molar-refractivity contribution is 9.10. The molecular weight excluding hydrogens is 602 g/mol. The first-order valence-corrected chi connectivity index (χ1v) is 16.4. The van der Waals surface area contributed by atoms with Gasteiger partial charge in [0.25, 0.3) is 0 Å². The zero-order valence-corrected chi connectivity index (χ0v) is 27.0. The van der Waals surface area contributed by atoms with E-state index in [2.05, 4.69) is 105 Å². The number of piperidine rings is 2. The van der Waals surface area contributed by atoms with Gasteiger partial charge in [-0.25, -0.2) is 19.9 Å². The first-order valence-electron chi connectivity index (χ1n) is 15.6. The predicted octanol–water partition coefficient (Wildman–Crippen LogP) is 6.96. The number of fused-ring (bicyclic) bond motifs is 1. The van der Waals surface area contributed by atoms with E-state index in [9.17, 15) is 0 Å². The van der Waals surface area contributed by atoms with Crippen molar-refractivity contribution < 1.29 is 0 Å². The minimum atomic E-state index is 0.574. The van der Waals surface area contributed by atoms with Gasteiger partial charge in [0.2, 0.25) is 0 Å². The molecule has 0 spiro atoms. The molecule has 5 aromatic rings. The lowest BCUT2D eigenvalue weighted by Gasteiger charge is -2.33. The molecule has 0 radical (unpaired) electrons. The number of aromatic nitrogens is 7. The quantitative estimate of drug-likeness (QED) is 0.194. The lowest BCUT2D eigenvalue weighted by atomic mass is 9.92. The van der Waals surface area contributed by atoms with Gasteiger partial charge < -0.3 is 19.8 Å². The first-order chi connectivity index (χ1) is 21.0. The average molecular weight is 645 g/mol. The van der Waals surface area contributed by atoms with E-state index in [1.54, 1.807) is 6.33 Å². The Hall–Kier alpha value is -3.66. The fourth-order valence-electron chi connectivity index (χ4n) is 6.64. The molecular formula is C33H42BrN9. The maximum atomic E-state index is 4.63. The van der Waals surface area contributed by atoms with E-state index in [0.717, 1.165) is 75.1 Å². The molecule has 226 valence electrons. The number of aryl methyl sites for hydroxylation is 3.